The topological polar surface area (TPSA) is 67.9 Å². The van der Waals surface area contributed by atoms with Gasteiger partial charge in [-0.15, -0.1) is 0 Å². The SMILES string of the molecule is COc1ccc(N(CC(=O)Nc2ccc(F)cc2)C(C)=O)cc1OC. The van der Waals surface area contributed by atoms with Crippen LogP contribution in [-0.4, -0.2) is 32.6 Å². The van der Waals surface area contributed by atoms with Gasteiger partial charge in [-0.1, -0.05) is 0 Å². The highest BCUT2D eigenvalue weighted by molar-refractivity contribution is 6.01. The first-order valence-electron chi connectivity index (χ1n) is 7.50. The second kappa shape index (κ2) is 8.14. The minimum atomic E-state index is -0.406. The van der Waals surface area contributed by atoms with Gasteiger partial charge >= 0.3 is 0 Å². The van der Waals surface area contributed by atoms with Gasteiger partial charge < -0.3 is 19.7 Å². The third kappa shape index (κ3) is 4.69. The lowest BCUT2D eigenvalue weighted by molar-refractivity contribution is -0.120. The quantitative estimate of drug-likeness (QED) is 0.873. The molecule has 0 bridgehead atoms. The average molecular weight is 346 g/mol. The van der Waals surface area contributed by atoms with Crippen molar-refractivity contribution >= 4 is 23.2 Å². The largest absolute Gasteiger partial charge is 0.493 e. The molecular weight excluding hydrogens is 327 g/mol. The molecule has 25 heavy (non-hydrogen) atoms. The van der Waals surface area contributed by atoms with E-state index in [4.69, 9.17) is 9.47 Å². The monoisotopic (exact) mass is 346 g/mol. The maximum absolute atomic E-state index is 12.9. The van der Waals surface area contributed by atoms with Crippen LogP contribution in [0.5, 0.6) is 11.5 Å². The van der Waals surface area contributed by atoms with Gasteiger partial charge in [-0.2, -0.15) is 0 Å². The van der Waals surface area contributed by atoms with Crippen molar-refractivity contribution in [1.29, 1.82) is 0 Å². The molecule has 0 heterocycles. The molecule has 0 saturated heterocycles. The molecule has 2 aromatic rings. The maximum Gasteiger partial charge on any atom is 0.244 e. The van der Waals surface area contributed by atoms with E-state index in [2.05, 4.69) is 5.32 Å². The van der Waals surface area contributed by atoms with Crippen molar-refractivity contribution in [2.24, 2.45) is 0 Å². The van der Waals surface area contributed by atoms with Crippen LogP contribution in [0.1, 0.15) is 6.92 Å². The summed E-state index contributed by atoms with van der Waals surface area (Å²) in [4.78, 5) is 25.5. The lowest BCUT2D eigenvalue weighted by Gasteiger charge is -2.22. The highest BCUT2D eigenvalue weighted by Gasteiger charge is 2.18. The number of methoxy groups -OCH3 is 2. The zero-order valence-electron chi connectivity index (χ0n) is 14.2. The third-order valence-electron chi connectivity index (χ3n) is 3.49. The summed E-state index contributed by atoms with van der Waals surface area (Å²) in [6.07, 6.45) is 0. The Bertz CT molecular complexity index is 762. The number of ether oxygens (including phenoxy) is 2. The van der Waals surface area contributed by atoms with Gasteiger partial charge in [0.15, 0.2) is 11.5 Å². The zero-order chi connectivity index (χ0) is 18.4. The Kier molecular flexibility index (Phi) is 5.94. The van der Waals surface area contributed by atoms with Crippen LogP contribution in [0, 0.1) is 5.82 Å². The van der Waals surface area contributed by atoms with E-state index in [-0.39, 0.29) is 12.5 Å². The van der Waals surface area contributed by atoms with Crippen molar-refractivity contribution in [1.82, 2.24) is 0 Å². The molecular formula is C18H19FN2O4. The molecule has 0 spiro atoms. The van der Waals surface area contributed by atoms with Crippen molar-refractivity contribution in [2.75, 3.05) is 31.0 Å². The van der Waals surface area contributed by atoms with Gasteiger partial charge in [0.05, 0.1) is 14.2 Å². The number of benzene rings is 2. The second-order valence-corrected chi connectivity index (χ2v) is 5.20. The molecule has 0 radical (unpaired) electrons. The summed E-state index contributed by atoms with van der Waals surface area (Å²) in [6.45, 7) is 1.17. The Hall–Kier alpha value is -3.09. The number of carbonyl (C=O) groups excluding carboxylic acids is 2. The van der Waals surface area contributed by atoms with E-state index < -0.39 is 11.7 Å². The number of halogens is 1. The molecule has 6 nitrogen and oxygen atoms in total. The third-order valence-corrected chi connectivity index (χ3v) is 3.49. The van der Waals surface area contributed by atoms with Gasteiger partial charge in [0, 0.05) is 24.4 Å². The second-order valence-electron chi connectivity index (χ2n) is 5.20. The van der Waals surface area contributed by atoms with Crippen molar-refractivity contribution in [3.63, 3.8) is 0 Å². The van der Waals surface area contributed by atoms with E-state index in [9.17, 15) is 14.0 Å². The first-order chi connectivity index (χ1) is 11.9. The van der Waals surface area contributed by atoms with Gasteiger partial charge in [0.1, 0.15) is 12.4 Å². The van der Waals surface area contributed by atoms with E-state index in [1.165, 1.54) is 50.3 Å². The lowest BCUT2D eigenvalue weighted by atomic mass is 10.2. The summed E-state index contributed by atoms with van der Waals surface area (Å²) >= 11 is 0. The molecule has 0 saturated carbocycles. The number of hydrogen-bond donors (Lipinski definition) is 1. The Morgan fingerprint density at radius 1 is 1.04 bits per heavy atom. The molecule has 0 aliphatic heterocycles. The maximum atomic E-state index is 12.9. The predicted octanol–water partition coefficient (Wildman–Crippen LogP) is 2.83. The van der Waals surface area contributed by atoms with Gasteiger partial charge in [-0.3, -0.25) is 9.59 Å². The number of amides is 2. The highest BCUT2D eigenvalue weighted by atomic mass is 19.1. The number of anilines is 2. The van der Waals surface area contributed by atoms with E-state index in [0.29, 0.717) is 22.9 Å². The number of hydrogen-bond acceptors (Lipinski definition) is 4. The normalized spacial score (nSPS) is 10.1. The van der Waals surface area contributed by atoms with Crippen LogP contribution in [0.25, 0.3) is 0 Å². The number of rotatable bonds is 6. The fraction of sp³-hybridized carbons (Fsp3) is 0.222. The fourth-order valence-corrected chi connectivity index (χ4v) is 2.25. The Morgan fingerprint density at radius 2 is 1.68 bits per heavy atom. The summed E-state index contributed by atoms with van der Waals surface area (Å²) in [5.74, 6) is -0.137. The first-order valence-corrected chi connectivity index (χ1v) is 7.50. The number of carbonyl (C=O) groups is 2. The van der Waals surface area contributed by atoms with Crippen LogP contribution in [0.15, 0.2) is 42.5 Å². The van der Waals surface area contributed by atoms with E-state index in [1.807, 2.05) is 0 Å². The van der Waals surface area contributed by atoms with Crippen LogP contribution in [-0.2, 0) is 9.59 Å². The van der Waals surface area contributed by atoms with E-state index >= 15 is 0 Å². The Balaban J connectivity index is 2.16. The fourth-order valence-electron chi connectivity index (χ4n) is 2.25. The zero-order valence-corrected chi connectivity index (χ0v) is 14.2. The summed E-state index contributed by atoms with van der Waals surface area (Å²) in [5.41, 5.74) is 0.946. The van der Waals surface area contributed by atoms with Crippen LogP contribution >= 0.6 is 0 Å². The molecule has 0 fully saturated rings. The van der Waals surface area contributed by atoms with Crippen LogP contribution in [0.3, 0.4) is 0 Å². The van der Waals surface area contributed by atoms with Crippen molar-refractivity contribution in [2.45, 2.75) is 6.92 Å². The van der Waals surface area contributed by atoms with Crippen molar-refractivity contribution in [3.05, 3.63) is 48.3 Å². The van der Waals surface area contributed by atoms with Crippen LogP contribution < -0.4 is 19.7 Å². The van der Waals surface area contributed by atoms with Crippen molar-refractivity contribution in [3.8, 4) is 11.5 Å². The molecule has 2 amide bonds. The molecule has 7 heteroatoms. The molecule has 0 aromatic heterocycles. The summed E-state index contributed by atoms with van der Waals surface area (Å²) in [6, 6.07) is 10.3. The molecule has 0 aliphatic rings. The Morgan fingerprint density at radius 3 is 2.24 bits per heavy atom. The van der Waals surface area contributed by atoms with Gasteiger partial charge in [-0.25, -0.2) is 4.39 Å². The predicted molar refractivity (Wildman–Crippen MR) is 92.6 cm³/mol. The minimum Gasteiger partial charge on any atom is -0.493 e. The Labute approximate surface area is 145 Å². The molecule has 132 valence electrons. The smallest absolute Gasteiger partial charge is 0.244 e. The van der Waals surface area contributed by atoms with Crippen molar-refractivity contribution < 1.29 is 23.5 Å². The van der Waals surface area contributed by atoms with Crippen LogP contribution in [0.2, 0.25) is 0 Å². The van der Waals surface area contributed by atoms with Crippen LogP contribution in [0.4, 0.5) is 15.8 Å². The van der Waals surface area contributed by atoms with E-state index in [1.54, 1.807) is 18.2 Å². The minimum absolute atomic E-state index is 0.192. The van der Waals surface area contributed by atoms with E-state index in [0.717, 1.165) is 0 Å². The molecule has 0 aliphatic carbocycles. The summed E-state index contributed by atoms with van der Waals surface area (Å²) in [7, 11) is 3.00. The van der Waals surface area contributed by atoms with Gasteiger partial charge in [-0.05, 0) is 36.4 Å². The molecule has 2 aromatic carbocycles. The lowest BCUT2D eigenvalue weighted by Crippen LogP contribution is -2.36. The van der Waals surface area contributed by atoms with Gasteiger partial charge in [0.2, 0.25) is 11.8 Å². The molecule has 0 atom stereocenters. The number of nitrogens with zero attached hydrogens (tertiary/aromatic N) is 1. The number of nitrogens with one attached hydrogen (secondary N) is 1. The summed E-state index contributed by atoms with van der Waals surface area (Å²) < 4.78 is 23.3. The molecule has 1 N–H and O–H groups in total. The standard InChI is InChI=1S/C18H19FN2O4/c1-12(22)21(15-8-9-16(24-2)17(10-15)25-3)11-18(23)20-14-6-4-13(19)5-7-14/h4-10H,11H2,1-3H3,(H,20,23). The first kappa shape index (κ1) is 18.3. The molecule has 2 rings (SSSR count). The highest BCUT2D eigenvalue weighted by Crippen LogP contribution is 2.31. The average Bonchev–Trinajstić information content (AvgIpc) is 2.60. The summed E-state index contributed by atoms with van der Waals surface area (Å²) in [5, 5.41) is 2.62. The molecule has 0 unspecified atom stereocenters. The van der Waals surface area contributed by atoms with Gasteiger partial charge in [0.25, 0.3) is 0 Å².